The van der Waals surface area contributed by atoms with E-state index in [0.717, 1.165) is 29.4 Å². The predicted octanol–water partition coefficient (Wildman–Crippen LogP) is 4.90. The Kier molecular flexibility index (Phi) is 6.86. The van der Waals surface area contributed by atoms with Crippen molar-refractivity contribution in [3.63, 3.8) is 0 Å². The van der Waals surface area contributed by atoms with Gasteiger partial charge in [-0.3, -0.25) is 5.01 Å². The Bertz CT molecular complexity index is 613. The fraction of sp³-hybridized carbons (Fsp3) is 0.381. The normalized spacial score (nSPS) is 16.9. The third-order valence-corrected chi connectivity index (χ3v) is 4.49. The molecule has 0 amide bonds. The molecular weight excluding hydrogens is 294 g/mol. The topological polar surface area (TPSA) is 27.6 Å². The van der Waals surface area contributed by atoms with Gasteiger partial charge in [0.25, 0.3) is 0 Å². The summed E-state index contributed by atoms with van der Waals surface area (Å²) in [6, 6.07) is 10.0. The molecule has 0 fully saturated rings. The molecule has 0 spiro atoms. The summed E-state index contributed by atoms with van der Waals surface area (Å²) in [6.07, 6.45) is 9.16. The molecule has 1 unspecified atom stereocenters. The van der Waals surface area contributed by atoms with E-state index >= 15 is 0 Å². The quantitative estimate of drug-likeness (QED) is 0.303. The molecule has 0 bridgehead atoms. The van der Waals surface area contributed by atoms with Gasteiger partial charge >= 0.3 is 0 Å². The van der Waals surface area contributed by atoms with Gasteiger partial charge in [-0.2, -0.15) is 5.10 Å². The summed E-state index contributed by atoms with van der Waals surface area (Å²) in [5, 5.41) is 9.67. The third kappa shape index (κ3) is 5.12. The Morgan fingerprint density at radius 2 is 2.08 bits per heavy atom. The molecular formula is C21H29N3. The maximum atomic E-state index is 4.43. The molecule has 3 heteroatoms. The van der Waals surface area contributed by atoms with E-state index in [1.54, 1.807) is 6.21 Å². The maximum absolute atomic E-state index is 4.43. The SMILES string of the molecule is C=C(/C=N\N(C)c1ccccc1)C(=C)NCC1=CCCC1CCC. The van der Waals surface area contributed by atoms with E-state index in [1.165, 1.54) is 31.3 Å². The van der Waals surface area contributed by atoms with Crippen LogP contribution in [0.5, 0.6) is 0 Å². The predicted molar refractivity (Wildman–Crippen MR) is 105 cm³/mol. The molecule has 0 saturated heterocycles. The van der Waals surface area contributed by atoms with Crippen LogP contribution in [0.2, 0.25) is 0 Å². The first kappa shape index (κ1) is 18.1. The zero-order chi connectivity index (χ0) is 17.4. The smallest absolute Gasteiger partial charge is 0.0590 e. The highest BCUT2D eigenvalue weighted by atomic mass is 15.4. The minimum Gasteiger partial charge on any atom is -0.381 e. The Morgan fingerprint density at radius 3 is 2.79 bits per heavy atom. The summed E-state index contributed by atoms with van der Waals surface area (Å²) in [5.74, 6) is 0.737. The minimum absolute atomic E-state index is 0.737. The van der Waals surface area contributed by atoms with E-state index in [-0.39, 0.29) is 0 Å². The fourth-order valence-corrected chi connectivity index (χ4v) is 2.98. The lowest BCUT2D eigenvalue weighted by Crippen LogP contribution is -2.20. The summed E-state index contributed by atoms with van der Waals surface area (Å²) in [4.78, 5) is 0. The van der Waals surface area contributed by atoms with Gasteiger partial charge in [-0.25, -0.2) is 0 Å². The Balaban J connectivity index is 1.82. The first-order valence-electron chi connectivity index (χ1n) is 8.75. The number of benzene rings is 1. The van der Waals surface area contributed by atoms with Crippen LogP contribution in [-0.2, 0) is 0 Å². The lowest BCUT2D eigenvalue weighted by atomic mass is 9.96. The van der Waals surface area contributed by atoms with Crippen molar-refractivity contribution in [2.24, 2.45) is 11.0 Å². The Morgan fingerprint density at radius 1 is 1.33 bits per heavy atom. The van der Waals surface area contributed by atoms with Crippen molar-refractivity contribution in [1.29, 1.82) is 0 Å². The Labute approximate surface area is 146 Å². The average Bonchev–Trinajstić information content (AvgIpc) is 3.05. The van der Waals surface area contributed by atoms with Crippen molar-refractivity contribution < 1.29 is 0 Å². The van der Waals surface area contributed by atoms with Crippen molar-refractivity contribution in [3.8, 4) is 0 Å². The Hall–Kier alpha value is -2.29. The van der Waals surface area contributed by atoms with Gasteiger partial charge in [0.05, 0.1) is 11.9 Å². The van der Waals surface area contributed by atoms with Crippen molar-refractivity contribution in [2.75, 3.05) is 18.6 Å². The first-order valence-corrected chi connectivity index (χ1v) is 8.75. The van der Waals surface area contributed by atoms with Crippen LogP contribution in [0.3, 0.4) is 0 Å². The molecule has 0 aliphatic heterocycles. The van der Waals surface area contributed by atoms with Crippen LogP contribution in [0.1, 0.15) is 32.6 Å². The number of hydrogen-bond acceptors (Lipinski definition) is 3. The van der Waals surface area contributed by atoms with E-state index < -0.39 is 0 Å². The average molecular weight is 323 g/mol. The van der Waals surface area contributed by atoms with Gasteiger partial charge < -0.3 is 5.32 Å². The van der Waals surface area contributed by atoms with Crippen molar-refractivity contribution in [1.82, 2.24) is 5.32 Å². The minimum atomic E-state index is 0.737. The number of hydrogen-bond donors (Lipinski definition) is 1. The number of nitrogens with zero attached hydrogens (tertiary/aromatic N) is 2. The largest absolute Gasteiger partial charge is 0.381 e. The molecule has 1 aliphatic carbocycles. The van der Waals surface area contributed by atoms with Crippen LogP contribution in [0.25, 0.3) is 0 Å². The molecule has 0 radical (unpaired) electrons. The van der Waals surface area contributed by atoms with Crippen LogP contribution < -0.4 is 10.3 Å². The molecule has 24 heavy (non-hydrogen) atoms. The monoisotopic (exact) mass is 323 g/mol. The van der Waals surface area contributed by atoms with Crippen molar-refractivity contribution in [2.45, 2.75) is 32.6 Å². The van der Waals surface area contributed by atoms with E-state index in [0.29, 0.717) is 0 Å². The molecule has 128 valence electrons. The highest BCUT2D eigenvalue weighted by molar-refractivity contribution is 5.83. The second kappa shape index (κ2) is 9.11. The third-order valence-electron chi connectivity index (χ3n) is 4.49. The molecule has 1 N–H and O–H groups in total. The summed E-state index contributed by atoms with van der Waals surface area (Å²) in [7, 11) is 1.92. The molecule has 0 heterocycles. The van der Waals surface area contributed by atoms with Crippen LogP contribution in [0.4, 0.5) is 5.69 Å². The molecule has 1 aromatic carbocycles. The number of nitrogens with one attached hydrogen (secondary N) is 1. The van der Waals surface area contributed by atoms with Crippen LogP contribution in [-0.4, -0.2) is 19.8 Å². The van der Waals surface area contributed by atoms with Crippen LogP contribution >= 0.6 is 0 Å². The maximum Gasteiger partial charge on any atom is 0.0590 e. The second-order valence-electron chi connectivity index (χ2n) is 6.30. The van der Waals surface area contributed by atoms with Crippen LogP contribution in [0, 0.1) is 5.92 Å². The van der Waals surface area contributed by atoms with Gasteiger partial charge in [0.15, 0.2) is 0 Å². The number of allylic oxidation sites excluding steroid dienone is 2. The molecule has 1 aromatic rings. The number of anilines is 1. The summed E-state index contributed by atoms with van der Waals surface area (Å²) in [6.45, 7) is 11.3. The second-order valence-corrected chi connectivity index (χ2v) is 6.30. The molecule has 1 aliphatic rings. The molecule has 2 rings (SSSR count). The first-order chi connectivity index (χ1) is 11.6. The molecule has 1 atom stereocenters. The standard InChI is InChI=1S/C21H29N3/c1-5-10-19-11-9-12-20(19)16-22-18(3)17(2)15-23-24(4)21-13-7-6-8-14-21/h6-8,12-15,19,22H,2-3,5,9-11,16H2,1,4H3/b23-15-. The van der Waals surface area contributed by atoms with Gasteiger partial charge in [0.1, 0.15) is 0 Å². The van der Waals surface area contributed by atoms with Gasteiger partial charge in [-0.15, -0.1) is 0 Å². The van der Waals surface area contributed by atoms with Gasteiger partial charge in [0, 0.05) is 24.9 Å². The van der Waals surface area contributed by atoms with Gasteiger partial charge in [0.2, 0.25) is 0 Å². The molecule has 0 saturated carbocycles. The number of rotatable bonds is 9. The lowest BCUT2D eigenvalue weighted by Gasteiger charge is -2.17. The zero-order valence-electron chi connectivity index (χ0n) is 15.0. The van der Waals surface area contributed by atoms with Crippen molar-refractivity contribution >= 4 is 11.9 Å². The van der Waals surface area contributed by atoms with Gasteiger partial charge in [-0.05, 0) is 37.3 Å². The number of hydrazone groups is 1. The van der Waals surface area contributed by atoms with E-state index in [4.69, 9.17) is 0 Å². The van der Waals surface area contributed by atoms with Gasteiger partial charge in [-0.1, -0.05) is 56.4 Å². The van der Waals surface area contributed by atoms with E-state index in [2.05, 4.69) is 36.6 Å². The summed E-state index contributed by atoms with van der Waals surface area (Å²) >= 11 is 0. The van der Waals surface area contributed by atoms with Crippen molar-refractivity contribution in [3.05, 3.63) is 66.4 Å². The molecule has 0 aromatic heterocycles. The lowest BCUT2D eigenvalue weighted by molar-refractivity contribution is 0.533. The molecule has 3 nitrogen and oxygen atoms in total. The summed E-state index contributed by atoms with van der Waals surface area (Å²) in [5.41, 5.74) is 4.20. The number of para-hydroxylation sites is 1. The summed E-state index contributed by atoms with van der Waals surface area (Å²) < 4.78 is 0. The highest BCUT2D eigenvalue weighted by Gasteiger charge is 2.17. The van der Waals surface area contributed by atoms with E-state index in [1.807, 2.05) is 42.4 Å². The highest BCUT2D eigenvalue weighted by Crippen LogP contribution is 2.29. The fourth-order valence-electron chi connectivity index (χ4n) is 2.98. The zero-order valence-corrected chi connectivity index (χ0v) is 15.0. The van der Waals surface area contributed by atoms with E-state index in [9.17, 15) is 0 Å². The van der Waals surface area contributed by atoms with Crippen LogP contribution in [0.15, 0.2) is 71.5 Å².